The summed E-state index contributed by atoms with van der Waals surface area (Å²) in [6, 6.07) is 62.7. The fourth-order valence-electron chi connectivity index (χ4n) is 6.90. The van der Waals surface area contributed by atoms with Gasteiger partial charge < -0.3 is 9.32 Å². The van der Waals surface area contributed by atoms with Gasteiger partial charge in [0.1, 0.15) is 11.3 Å². The summed E-state index contributed by atoms with van der Waals surface area (Å²) in [7, 11) is 0. The smallest absolute Gasteiger partial charge is 0.143 e. The van der Waals surface area contributed by atoms with Gasteiger partial charge in [-0.25, -0.2) is 0 Å². The number of anilines is 3. The number of fused-ring (bicyclic) bond motifs is 5. The summed E-state index contributed by atoms with van der Waals surface area (Å²) in [5.74, 6) is 0.872. The average Bonchev–Trinajstić information content (AvgIpc) is 3.52. The molecule has 2 heteroatoms. The van der Waals surface area contributed by atoms with Gasteiger partial charge in [0.15, 0.2) is 0 Å². The van der Waals surface area contributed by atoms with Crippen LogP contribution in [0.1, 0.15) is 0 Å². The maximum Gasteiger partial charge on any atom is 0.143 e. The van der Waals surface area contributed by atoms with Gasteiger partial charge in [0.25, 0.3) is 0 Å². The van der Waals surface area contributed by atoms with Crippen LogP contribution in [-0.4, -0.2) is 0 Å². The summed E-state index contributed by atoms with van der Waals surface area (Å²) in [6.45, 7) is 0. The van der Waals surface area contributed by atoms with E-state index in [2.05, 4.69) is 175 Å². The van der Waals surface area contributed by atoms with E-state index >= 15 is 0 Å². The van der Waals surface area contributed by atoms with Crippen LogP contribution in [0.3, 0.4) is 0 Å². The zero-order chi connectivity index (χ0) is 30.5. The Bertz CT molecular complexity index is 2540. The topological polar surface area (TPSA) is 16.4 Å². The maximum absolute atomic E-state index is 6.64. The predicted octanol–water partition coefficient (Wildman–Crippen LogP) is 12.7. The minimum absolute atomic E-state index is 0.872. The molecule has 46 heavy (non-hydrogen) atoms. The Morgan fingerprint density at radius 3 is 1.85 bits per heavy atom. The fraction of sp³-hybridized carbons (Fsp3) is 0. The van der Waals surface area contributed by atoms with Crippen LogP contribution < -0.4 is 4.90 Å². The van der Waals surface area contributed by atoms with Crippen LogP contribution in [0, 0.1) is 0 Å². The molecule has 9 rings (SSSR count). The van der Waals surface area contributed by atoms with E-state index in [0.717, 1.165) is 50.5 Å². The summed E-state index contributed by atoms with van der Waals surface area (Å²) >= 11 is 0. The quantitative estimate of drug-likeness (QED) is 0.186. The molecule has 0 amide bonds. The second-order valence-corrected chi connectivity index (χ2v) is 11.7. The Kier molecular flexibility index (Phi) is 6.17. The van der Waals surface area contributed by atoms with Crippen molar-refractivity contribution in [3.05, 3.63) is 176 Å². The fourth-order valence-corrected chi connectivity index (χ4v) is 6.90. The van der Waals surface area contributed by atoms with Gasteiger partial charge >= 0.3 is 0 Å². The first-order valence-electron chi connectivity index (χ1n) is 15.7. The van der Waals surface area contributed by atoms with Crippen molar-refractivity contribution < 1.29 is 4.42 Å². The first kappa shape index (κ1) is 26.3. The summed E-state index contributed by atoms with van der Waals surface area (Å²) < 4.78 is 6.64. The lowest BCUT2D eigenvalue weighted by atomic mass is 9.98. The van der Waals surface area contributed by atoms with Crippen molar-refractivity contribution >= 4 is 60.3 Å². The number of rotatable bonds is 5. The van der Waals surface area contributed by atoms with Crippen LogP contribution in [0.5, 0.6) is 0 Å². The van der Waals surface area contributed by atoms with Crippen LogP contribution in [0.4, 0.5) is 17.1 Å². The minimum Gasteiger partial charge on any atom is -0.455 e. The highest BCUT2D eigenvalue weighted by atomic mass is 16.3. The van der Waals surface area contributed by atoms with Crippen molar-refractivity contribution in [2.45, 2.75) is 0 Å². The molecule has 8 aromatic carbocycles. The van der Waals surface area contributed by atoms with E-state index in [1.165, 1.54) is 32.3 Å². The van der Waals surface area contributed by atoms with Crippen molar-refractivity contribution in [3.8, 4) is 22.5 Å². The number of hydrogen-bond acceptors (Lipinski definition) is 2. The summed E-state index contributed by atoms with van der Waals surface area (Å²) in [4.78, 5) is 2.38. The number of nitrogens with zero attached hydrogens (tertiary/aromatic N) is 1. The molecule has 0 N–H and O–H groups in total. The number of furan rings is 1. The standard InChI is InChI=1S/C44H29NO/c1-2-14-32(15-3-1)43-40-21-8-9-23-42(40)46-44(43)34-17-10-18-35(29-34)45(41-22-11-16-30-12-5-7-20-39(30)41)36-26-27-38-33(28-36)25-24-31-13-4-6-19-37(31)38/h1-29H. The highest BCUT2D eigenvalue weighted by Crippen LogP contribution is 2.45. The molecule has 0 saturated carbocycles. The first-order valence-corrected chi connectivity index (χ1v) is 15.7. The number of benzene rings is 8. The van der Waals surface area contributed by atoms with E-state index in [-0.39, 0.29) is 0 Å². The van der Waals surface area contributed by atoms with Gasteiger partial charge in [-0.15, -0.1) is 0 Å². The summed E-state index contributed by atoms with van der Waals surface area (Å²) in [5, 5.41) is 8.50. The zero-order valence-electron chi connectivity index (χ0n) is 25.1. The number of para-hydroxylation sites is 1. The minimum atomic E-state index is 0.872. The lowest BCUT2D eigenvalue weighted by Gasteiger charge is -2.27. The third kappa shape index (κ3) is 4.35. The van der Waals surface area contributed by atoms with Crippen molar-refractivity contribution in [2.24, 2.45) is 0 Å². The summed E-state index contributed by atoms with van der Waals surface area (Å²) in [6.07, 6.45) is 0. The van der Waals surface area contributed by atoms with Gasteiger partial charge in [0.05, 0.1) is 5.69 Å². The highest BCUT2D eigenvalue weighted by molar-refractivity contribution is 6.09. The second-order valence-electron chi connectivity index (χ2n) is 11.7. The molecule has 0 unspecified atom stereocenters. The van der Waals surface area contributed by atoms with Crippen molar-refractivity contribution in [1.29, 1.82) is 0 Å². The molecule has 2 nitrogen and oxygen atoms in total. The monoisotopic (exact) mass is 587 g/mol. The molecule has 0 saturated heterocycles. The summed E-state index contributed by atoms with van der Waals surface area (Å²) in [5.41, 5.74) is 7.46. The van der Waals surface area contributed by atoms with Crippen LogP contribution in [0.25, 0.3) is 65.7 Å². The Morgan fingerprint density at radius 2 is 0.978 bits per heavy atom. The molecule has 0 atom stereocenters. The van der Waals surface area contributed by atoms with E-state index in [0.29, 0.717) is 0 Å². The molecule has 0 aliphatic carbocycles. The SMILES string of the molecule is c1ccc(-c2c(-c3cccc(N(c4ccc5c(ccc6ccccc65)c4)c4cccc5ccccc45)c3)oc3ccccc23)cc1. The van der Waals surface area contributed by atoms with Crippen molar-refractivity contribution in [2.75, 3.05) is 4.90 Å². The van der Waals surface area contributed by atoms with Crippen molar-refractivity contribution in [3.63, 3.8) is 0 Å². The third-order valence-corrected chi connectivity index (χ3v) is 9.02. The lowest BCUT2D eigenvalue weighted by molar-refractivity contribution is 0.632. The van der Waals surface area contributed by atoms with E-state index in [9.17, 15) is 0 Å². The largest absolute Gasteiger partial charge is 0.455 e. The average molecular weight is 588 g/mol. The second kappa shape index (κ2) is 10.8. The number of hydrogen-bond donors (Lipinski definition) is 0. The van der Waals surface area contributed by atoms with Gasteiger partial charge in [0.2, 0.25) is 0 Å². The molecule has 0 spiro atoms. The Labute approximate surface area is 267 Å². The molecule has 0 fully saturated rings. The Morgan fingerprint density at radius 1 is 0.370 bits per heavy atom. The Hall–Kier alpha value is -6.12. The molecular weight excluding hydrogens is 558 g/mol. The molecule has 0 bridgehead atoms. The molecule has 1 aromatic heterocycles. The first-order chi connectivity index (χ1) is 22.8. The van der Waals surface area contributed by atoms with Crippen LogP contribution in [0.15, 0.2) is 180 Å². The molecule has 0 aliphatic rings. The van der Waals surface area contributed by atoms with Crippen LogP contribution in [0.2, 0.25) is 0 Å². The predicted molar refractivity (Wildman–Crippen MR) is 194 cm³/mol. The maximum atomic E-state index is 6.64. The van der Waals surface area contributed by atoms with E-state index in [1.54, 1.807) is 0 Å². The van der Waals surface area contributed by atoms with Crippen LogP contribution >= 0.6 is 0 Å². The van der Waals surface area contributed by atoms with Gasteiger partial charge in [-0.2, -0.15) is 0 Å². The van der Waals surface area contributed by atoms with E-state index in [4.69, 9.17) is 4.42 Å². The van der Waals surface area contributed by atoms with Gasteiger partial charge in [-0.1, -0.05) is 140 Å². The third-order valence-electron chi connectivity index (χ3n) is 9.02. The Balaban J connectivity index is 1.28. The normalized spacial score (nSPS) is 11.5. The lowest BCUT2D eigenvalue weighted by Crippen LogP contribution is -2.10. The van der Waals surface area contributed by atoms with E-state index in [1.807, 2.05) is 6.07 Å². The van der Waals surface area contributed by atoms with Gasteiger partial charge in [0, 0.05) is 33.3 Å². The molecule has 216 valence electrons. The molecule has 0 aliphatic heterocycles. The molecular formula is C44H29NO. The van der Waals surface area contributed by atoms with Crippen molar-refractivity contribution in [1.82, 2.24) is 0 Å². The molecule has 1 heterocycles. The van der Waals surface area contributed by atoms with Gasteiger partial charge in [-0.3, -0.25) is 0 Å². The van der Waals surface area contributed by atoms with Crippen LogP contribution in [-0.2, 0) is 0 Å². The molecule has 0 radical (unpaired) electrons. The highest BCUT2D eigenvalue weighted by Gasteiger charge is 2.21. The van der Waals surface area contributed by atoms with E-state index < -0.39 is 0 Å². The van der Waals surface area contributed by atoms with Gasteiger partial charge in [-0.05, 0) is 68.9 Å². The zero-order valence-corrected chi connectivity index (χ0v) is 25.1. The molecule has 9 aromatic rings.